The Morgan fingerprint density at radius 3 is 3.08 bits per heavy atom. The van der Waals surface area contributed by atoms with Crippen LogP contribution < -0.4 is 10.6 Å². The Bertz CT molecular complexity index is 739. The third kappa shape index (κ3) is 5.03. The summed E-state index contributed by atoms with van der Waals surface area (Å²) in [4.78, 5) is 23.9. The summed E-state index contributed by atoms with van der Waals surface area (Å²) in [5.74, 6) is -0.661. The third-order valence-electron chi connectivity index (χ3n) is 3.67. The standard InChI is InChI=1S/C15H19N5O3S2/c1-20-6-2-5-11(20)13(22)17-12(21)9-24-15-19-18-14(25-15)16-8-10-4-3-7-23-10/h2,5-6,10H,3-4,7-9H2,1H3,(H,16,18)(H,17,21,22). The molecule has 2 N–H and O–H groups in total. The summed E-state index contributed by atoms with van der Waals surface area (Å²) in [5, 5.41) is 14.4. The molecule has 2 amide bonds. The molecule has 0 radical (unpaired) electrons. The topological polar surface area (TPSA) is 98.1 Å². The molecule has 2 aromatic rings. The number of carbonyl (C=O) groups excluding carboxylic acids is 2. The second-order valence-electron chi connectivity index (χ2n) is 5.56. The Morgan fingerprint density at radius 1 is 1.48 bits per heavy atom. The quantitative estimate of drug-likeness (QED) is 0.702. The third-order valence-corrected chi connectivity index (χ3v) is 5.68. The van der Waals surface area contributed by atoms with Crippen molar-refractivity contribution in [1.29, 1.82) is 0 Å². The van der Waals surface area contributed by atoms with E-state index < -0.39 is 5.91 Å². The van der Waals surface area contributed by atoms with Crippen molar-refractivity contribution >= 4 is 40.0 Å². The van der Waals surface area contributed by atoms with Crippen LogP contribution in [-0.4, -0.2) is 51.6 Å². The molecule has 3 heterocycles. The SMILES string of the molecule is Cn1cccc1C(=O)NC(=O)CSc1nnc(NCC2CCCO2)s1. The molecule has 1 fully saturated rings. The maximum atomic E-state index is 12.0. The Morgan fingerprint density at radius 2 is 2.36 bits per heavy atom. The zero-order valence-corrected chi connectivity index (χ0v) is 15.4. The van der Waals surface area contributed by atoms with Crippen LogP contribution in [-0.2, 0) is 16.6 Å². The monoisotopic (exact) mass is 381 g/mol. The molecule has 1 aliphatic heterocycles. The minimum atomic E-state index is -0.408. The lowest BCUT2D eigenvalue weighted by Crippen LogP contribution is -2.32. The van der Waals surface area contributed by atoms with E-state index >= 15 is 0 Å². The molecule has 134 valence electrons. The van der Waals surface area contributed by atoms with Gasteiger partial charge >= 0.3 is 0 Å². The highest BCUT2D eigenvalue weighted by Gasteiger charge is 2.17. The summed E-state index contributed by atoms with van der Waals surface area (Å²) in [6.07, 6.45) is 4.14. The van der Waals surface area contributed by atoms with Crippen LogP contribution in [0.25, 0.3) is 0 Å². The summed E-state index contributed by atoms with van der Waals surface area (Å²) in [6.45, 7) is 1.53. The van der Waals surface area contributed by atoms with Gasteiger partial charge in [0.15, 0.2) is 4.34 Å². The molecule has 25 heavy (non-hydrogen) atoms. The lowest BCUT2D eigenvalue weighted by atomic mass is 10.2. The van der Waals surface area contributed by atoms with Gasteiger partial charge in [0, 0.05) is 26.4 Å². The zero-order chi connectivity index (χ0) is 17.6. The molecular weight excluding hydrogens is 362 g/mol. The highest BCUT2D eigenvalue weighted by molar-refractivity contribution is 8.01. The smallest absolute Gasteiger partial charge is 0.274 e. The molecule has 8 nitrogen and oxygen atoms in total. The minimum absolute atomic E-state index is 0.108. The maximum absolute atomic E-state index is 12.0. The van der Waals surface area contributed by atoms with Crippen LogP contribution >= 0.6 is 23.1 Å². The Labute approximate surface area is 153 Å². The molecule has 0 saturated carbocycles. The number of aromatic nitrogens is 3. The molecule has 0 bridgehead atoms. The van der Waals surface area contributed by atoms with Crippen LogP contribution in [0.15, 0.2) is 22.7 Å². The van der Waals surface area contributed by atoms with Crippen molar-refractivity contribution in [3.63, 3.8) is 0 Å². The summed E-state index contributed by atoms with van der Waals surface area (Å²) in [6, 6.07) is 3.41. The van der Waals surface area contributed by atoms with Crippen LogP contribution in [0.1, 0.15) is 23.3 Å². The first kappa shape index (κ1) is 17.9. The predicted molar refractivity (Wildman–Crippen MR) is 96.0 cm³/mol. The average Bonchev–Trinajstić information content (AvgIpc) is 3.33. The molecular formula is C15H19N5O3S2. The number of thioether (sulfide) groups is 1. The van der Waals surface area contributed by atoms with E-state index in [1.165, 1.54) is 23.1 Å². The average molecular weight is 381 g/mol. The first-order valence-electron chi connectivity index (χ1n) is 7.89. The van der Waals surface area contributed by atoms with Gasteiger partial charge in [-0.1, -0.05) is 23.1 Å². The largest absolute Gasteiger partial charge is 0.376 e. The number of ether oxygens (including phenoxy) is 1. The molecule has 0 aliphatic carbocycles. The van der Waals surface area contributed by atoms with Gasteiger partial charge in [-0.15, -0.1) is 10.2 Å². The fraction of sp³-hybridized carbons (Fsp3) is 0.467. The van der Waals surface area contributed by atoms with E-state index in [-0.39, 0.29) is 17.8 Å². The van der Waals surface area contributed by atoms with E-state index in [1.54, 1.807) is 29.9 Å². The molecule has 3 rings (SSSR count). The highest BCUT2D eigenvalue weighted by Crippen LogP contribution is 2.25. The maximum Gasteiger partial charge on any atom is 0.274 e. The lowest BCUT2D eigenvalue weighted by molar-refractivity contribution is -0.117. The number of hydrogen-bond donors (Lipinski definition) is 2. The number of hydrogen-bond acceptors (Lipinski definition) is 8. The van der Waals surface area contributed by atoms with Crippen molar-refractivity contribution in [2.45, 2.75) is 23.3 Å². The van der Waals surface area contributed by atoms with Gasteiger partial charge in [-0.3, -0.25) is 14.9 Å². The number of nitrogens with zero attached hydrogens (tertiary/aromatic N) is 3. The van der Waals surface area contributed by atoms with Crippen molar-refractivity contribution in [3.05, 3.63) is 24.0 Å². The summed E-state index contributed by atoms with van der Waals surface area (Å²) in [7, 11) is 1.75. The van der Waals surface area contributed by atoms with Gasteiger partial charge in [-0.05, 0) is 25.0 Å². The van der Waals surface area contributed by atoms with Gasteiger partial charge in [0.25, 0.3) is 5.91 Å². The van der Waals surface area contributed by atoms with E-state index in [0.29, 0.717) is 21.7 Å². The van der Waals surface area contributed by atoms with Crippen LogP contribution in [0.3, 0.4) is 0 Å². The number of carbonyl (C=O) groups is 2. The van der Waals surface area contributed by atoms with Crippen LogP contribution in [0.2, 0.25) is 0 Å². The fourth-order valence-corrected chi connectivity index (χ4v) is 3.96. The molecule has 10 heteroatoms. The Balaban J connectivity index is 1.41. The first-order chi connectivity index (χ1) is 12.1. The molecule has 1 aliphatic rings. The van der Waals surface area contributed by atoms with E-state index in [0.717, 1.165) is 19.4 Å². The molecule has 1 atom stereocenters. The molecule has 0 aromatic carbocycles. The van der Waals surface area contributed by atoms with E-state index in [4.69, 9.17) is 4.74 Å². The number of anilines is 1. The van der Waals surface area contributed by atoms with Crippen LogP contribution in [0, 0.1) is 0 Å². The molecule has 1 saturated heterocycles. The summed E-state index contributed by atoms with van der Waals surface area (Å²) in [5.41, 5.74) is 0.440. The zero-order valence-electron chi connectivity index (χ0n) is 13.7. The number of rotatable bonds is 7. The Kier molecular flexibility index (Phi) is 6.05. The van der Waals surface area contributed by atoms with E-state index in [2.05, 4.69) is 20.8 Å². The lowest BCUT2D eigenvalue weighted by Gasteiger charge is -2.08. The van der Waals surface area contributed by atoms with Crippen molar-refractivity contribution < 1.29 is 14.3 Å². The minimum Gasteiger partial charge on any atom is -0.376 e. The van der Waals surface area contributed by atoms with Gasteiger partial charge in [-0.25, -0.2) is 0 Å². The second kappa shape index (κ2) is 8.45. The fourth-order valence-electron chi connectivity index (χ4n) is 2.40. The van der Waals surface area contributed by atoms with Gasteiger partial charge in [-0.2, -0.15) is 0 Å². The first-order valence-corrected chi connectivity index (χ1v) is 9.69. The van der Waals surface area contributed by atoms with E-state index in [9.17, 15) is 9.59 Å². The number of amides is 2. The van der Waals surface area contributed by atoms with Crippen LogP contribution in [0.4, 0.5) is 5.13 Å². The molecule has 0 spiro atoms. The molecule has 1 unspecified atom stereocenters. The highest BCUT2D eigenvalue weighted by atomic mass is 32.2. The Hall–Kier alpha value is -1.91. The summed E-state index contributed by atoms with van der Waals surface area (Å²) < 4.78 is 7.87. The molecule has 2 aromatic heterocycles. The number of nitrogens with one attached hydrogen (secondary N) is 2. The number of aryl methyl sites for hydroxylation is 1. The van der Waals surface area contributed by atoms with Gasteiger partial charge in [0.05, 0.1) is 11.9 Å². The normalized spacial score (nSPS) is 16.8. The predicted octanol–water partition coefficient (Wildman–Crippen LogP) is 1.52. The van der Waals surface area contributed by atoms with Crippen LogP contribution in [0.5, 0.6) is 0 Å². The van der Waals surface area contributed by atoms with E-state index in [1.807, 2.05) is 0 Å². The van der Waals surface area contributed by atoms with Gasteiger partial charge < -0.3 is 14.6 Å². The van der Waals surface area contributed by atoms with Crippen molar-refractivity contribution in [3.8, 4) is 0 Å². The second-order valence-corrected chi connectivity index (χ2v) is 7.76. The van der Waals surface area contributed by atoms with Crippen molar-refractivity contribution in [2.24, 2.45) is 7.05 Å². The number of imide groups is 1. The van der Waals surface area contributed by atoms with Gasteiger partial charge in [0.2, 0.25) is 11.0 Å². The van der Waals surface area contributed by atoms with Crippen molar-refractivity contribution in [1.82, 2.24) is 20.1 Å². The van der Waals surface area contributed by atoms with Gasteiger partial charge in [0.1, 0.15) is 5.69 Å². The van der Waals surface area contributed by atoms with Crippen molar-refractivity contribution in [2.75, 3.05) is 24.2 Å². The summed E-state index contributed by atoms with van der Waals surface area (Å²) >= 11 is 2.64.